The van der Waals surface area contributed by atoms with Crippen LogP contribution in [0.1, 0.15) is 91.3 Å². The summed E-state index contributed by atoms with van der Waals surface area (Å²) in [7, 11) is 0. The minimum absolute atomic E-state index is 0.135. The van der Waals surface area contributed by atoms with Crippen molar-refractivity contribution in [3.05, 3.63) is 85.0 Å². The minimum atomic E-state index is -0.732. The molecule has 1 aliphatic rings. The molecule has 2 aromatic rings. The molecule has 1 heterocycles. The molecule has 3 rings (SSSR count). The summed E-state index contributed by atoms with van der Waals surface area (Å²) in [5, 5.41) is 0. The summed E-state index contributed by atoms with van der Waals surface area (Å²) in [6.45, 7) is 8.84. The molecule has 12 nitrogen and oxygen atoms in total. The van der Waals surface area contributed by atoms with E-state index in [-0.39, 0.29) is 13.2 Å². The van der Waals surface area contributed by atoms with Gasteiger partial charge in [-0.25, -0.2) is 19.2 Å². The second-order valence-electron chi connectivity index (χ2n) is 12.1. The van der Waals surface area contributed by atoms with Gasteiger partial charge in [0.15, 0.2) is 6.29 Å². The molecule has 2 aromatic carbocycles. The highest BCUT2D eigenvalue weighted by molar-refractivity contribution is 5.90. The normalized spacial score (nSPS) is 13.8. The molecule has 1 aliphatic heterocycles. The molecule has 0 aromatic heterocycles. The lowest BCUT2D eigenvalue weighted by Crippen LogP contribution is -2.35. The van der Waals surface area contributed by atoms with Crippen LogP contribution in [0.2, 0.25) is 0 Å². The second kappa shape index (κ2) is 25.3. The Labute approximate surface area is 306 Å². The molecule has 0 radical (unpaired) electrons. The standard InChI is InChI=1S/C40H52O12/c1-3-36(41)47-26-12-7-5-10-24-45-33-20-16-31(17-21-33)39(43)50-29-35(52-38-15-9-14-28-49-38)30-51-40(44)32-18-22-34(23-19-32)46-25-11-6-8-13-27-48-37(42)4-2/h3-4,16-23,35,38H,1-2,5-15,24-30H2. The Morgan fingerprint density at radius 3 is 1.46 bits per heavy atom. The maximum absolute atomic E-state index is 12.9. The molecule has 0 bridgehead atoms. The van der Waals surface area contributed by atoms with Gasteiger partial charge in [0.05, 0.1) is 37.6 Å². The lowest BCUT2D eigenvalue weighted by Gasteiger charge is -2.27. The Bertz CT molecular complexity index is 1270. The average Bonchev–Trinajstić information content (AvgIpc) is 3.18. The van der Waals surface area contributed by atoms with Crippen LogP contribution in [0.4, 0.5) is 0 Å². The maximum Gasteiger partial charge on any atom is 0.338 e. The zero-order valence-electron chi connectivity index (χ0n) is 30.0. The molecular formula is C40H52O12. The van der Waals surface area contributed by atoms with E-state index in [1.165, 1.54) is 0 Å². The monoisotopic (exact) mass is 724 g/mol. The summed E-state index contributed by atoms with van der Waals surface area (Å²) in [5.41, 5.74) is 0.694. The first-order chi connectivity index (χ1) is 25.4. The fraction of sp³-hybridized carbons (Fsp3) is 0.500. The maximum atomic E-state index is 12.9. The van der Waals surface area contributed by atoms with Crippen LogP contribution in [0.15, 0.2) is 73.8 Å². The Hall–Kier alpha value is -4.68. The number of carbonyl (C=O) groups excluding carboxylic acids is 4. The van der Waals surface area contributed by atoms with E-state index in [1.54, 1.807) is 48.5 Å². The van der Waals surface area contributed by atoms with Crippen molar-refractivity contribution in [2.75, 3.05) is 46.2 Å². The van der Waals surface area contributed by atoms with E-state index in [9.17, 15) is 19.2 Å². The van der Waals surface area contributed by atoms with E-state index in [0.29, 0.717) is 62.1 Å². The van der Waals surface area contributed by atoms with Crippen molar-refractivity contribution >= 4 is 23.9 Å². The van der Waals surface area contributed by atoms with E-state index in [2.05, 4.69) is 13.2 Å². The molecule has 0 saturated carbocycles. The third-order valence-electron chi connectivity index (χ3n) is 7.90. The lowest BCUT2D eigenvalue weighted by atomic mass is 10.2. The first-order valence-electron chi connectivity index (χ1n) is 18.0. The molecule has 1 saturated heterocycles. The molecule has 1 atom stereocenters. The number of rotatable bonds is 26. The predicted molar refractivity (Wildman–Crippen MR) is 192 cm³/mol. The first kappa shape index (κ1) is 41.7. The van der Waals surface area contributed by atoms with Crippen molar-refractivity contribution in [1.82, 2.24) is 0 Å². The third-order valence-corrected chi connectivity index (χ3v) is 7.90. The van der Waals surface area contributed by atoms with Crippen molar-refractivity contribution in [2.45, 2.75) is 83.0 Å². The van der Waals surface area contributed by atoms with Crippen molar-refractivity contribution < 1.29 is 57.1 Å². The van der Waals surface area contributed by atoms with Crippen LogP contribution in [0.3, 0.4) is 0 Å². The van der Waals surface area contributed by atoms with Crippen molar-refractivity contribution in [3.8, 4) is 11.5 Å². The highest BCUT2D eigenvalue weighted by Gasteiger charge is 2.23. The summed E-state index contributed by atoms with van der Waals surface area (Å²) in [6, 6.07) is 13.4. The zero-order valence-corrected chi connectivity index (χ0v) is 30.0. The van der Waals surface area contributed by atoms with Gasteiger partial charge in [0.1, 0.15) is 30.8 Å². The van der Waals surface area contributed by atoms with Crippen molar-refractivity contribution in [2.24, 2.45) is 0 Å². The van der Waals surface area contributed by atoms with Gasteiger partial charge in [-0.2, -0.15) is 0 Å². The van der Waals surface area contributed by atoms with E-state index >= 15 is 0 Å². The molecule has 1 fully saturated rings. The van der Waals surface area contributed by atoms with Crippen LogP contribution < -0.4 is 9.47 Å². The number of benzene rings is 2. The van der Waals surface area contributed by atoms with Gasteiger partial charge < -0.3 is 37.9 Å². The number of hydrogen-bond acceptors (Lipinski definition) is 12. The van der Waals surface area contributed by atoms with Crippen LogP contribution in [-0.4, -0.2) is 82.5 Å². The highest BCUT2D eigenvalue weighted by Crippen LogP contribution is 2.19. The molecule has 284 valence electrons. The number of unbranched alkanes of at least 4 members (excludes halogenated alkanes) is 6. The summed E-state index contributed by atoms with van der Waals surface area (Å²) in [5.74, 6) is -0.636. The van der Waals surface area contributed by atoms with Crippen molar-refractivity contribution in [3.63, 3.8) is 0 Å². The predicted octanol–water partition coefficient (Wildman–Crippen LogP) is 6.95. The van der Waals surface area contributed by atoms with E-state index in [1.807, 2.05) is 0 Å². The third kappa shape index (κ3) is 17.5. The van der Waals surface area contributed by atoms with Crippen LogP contribution >= 0.6 is 0 Å². The molecule has 0 spiro atoms. The summed E-state index contributed by atoms with van der Waals surface area (Å²) in [4.78, 5) is 47.8. The first-order valence-corrected chi connectivity index (χ1v) is 18.0. The lowest BCUT2D eigenvalue weighted by molar-refractivity contribution is -0.201. The van der Waals surface area contributed by atoms with Crippen LogP contribution in [0.25, 0.3) is 0 Å². The fourth-order valence-electron chi connectivity index (χ4n) is 5.00. The average molecular weight is 725 g/mol. The van der Waals surface area contributed by atoms with Gasteiger partial charge in [-0.05, 0) is 119 Å². The molecule has 0 amide bonds. The Morgan fingerprint density at radius 1 is 0.615 bits per heavy atom. The minimum Gasteiger partial charge on any atom is -0.494 e. The van der Waals surface area contributed by atoms with E-state index in [0.717, 1.165) is 76.4 Å². The van der Waals surface area contributed by atoms with Gasteiger partial charge >= 0.3 is 23.9 Å². The molecule has 52 heavy (non-hydrogen) atoms. The van der Waals surface area contributed by atoms with Gasteiger partial charge in [-0.3, -0.25) is 0 Å². The second-order valence-corrected chi connectivity index (χ2v) is 12.1. The molecule has 0 N–H and O–H groups in total. The fourth-order valence-corrected chi connectivity index (χ4v) is 5.00. The molecular weight excluding hydrogens is 672 g/mol. The summed E-state index contributed by atoms with van der Waals surface area (Å²) >= 11 is 0. The Balaban J connectivity index is 1.37. The van der Waals surface area contributed by atoms with Gasteiger partial charge in [0.2, 0.25) is 0 Å². The highest BCUT2D eigenvalue weighted by atomic mass is 16.7. The molecule has 12 heteroatoms. The number of hydrogen-bond donors (Lipinski definition) is 0. The van der Waals surface area contributed by atoms with Crippen molar-refractivity contribution in [1.29, 1.82) is 0 Å². The number of carbonyl (C=O) groups is 4. The Kier molecular flexibility index (Phi) is 20.3. The SMILES string of the molecule is C=CC(=O)OCCCCCCOc1ccc(C(=O)OCC(COC(=O)c2ccc(OCCCCCCOC(=O)C=C)cc2)OC2CCCCO2)cc1. The number of esters is 4. The number of ether oxygens (including phenoxy) is 8. The quantitative estimate of drug-likeness (QED) is 0.0429. The van der Waals surface area contributed by atoms with Crippen LogP contribution in [0, 0.1) is 0 Å². The Morgan fingerprint density at radius 2 is 1.06 bits per heavy atom. The largest absolute Gasteiger partial charge is 0.494 e. The van der Waals surface area contributed by atoms with E-state index in [4.69, 9.17) is 37.9 Å². The summed E-state index contributed by atoms with van der Waals surface area (Å²) in [6.07, 6.45) is 10.6. The smallest absolute Gasteiger partial charge is 0.338 e. The van der Waals surface area contributed by atoms with Gasteiger partial charge in [-0.1, -0.05) is 13.2 Å². The topological polar surface area (TPSA) is 142 Å². The van der Waals surface area contributed by atoms with Crippen LogP contribution in [0.5, 0.6) is 11.5 Å². The molecule has 0 aliphatic carbocycles. The van der Waals surface area contributed by atoms with Gasteiger partial charge in [-0.15, -0.1) is 0 Å². The van der Waals surface area contributed by atoms with Gasteiger partial charge in [0.25, 0.3) is 0 Å². The molecule has 1 unspecified atom stereocenters. The van der Waals surface area contributed by atoms with E-state index < -0.39 is 36.3 Å². The summed E-state index contributed by atoms with van der Waals surface area (Å²) < 4.78 is 44.3. The van der Waals surface area contributed by atoms with Crippen LogP contribution in [-0.2, 0) is 38.0 Å². The zero-order chi connectivity index (χ0) is 37.2. The van der Waals surface area contributed by atoms with Gasteiger partial charge in [0, 0.05) is 18.8 Å².